The van der Waals surface area contributed by atoms with E-state index in [9.17, 15) is 0 Å². The Kier molecular flexibility index (Phi) is 6.74. The van der Waals surface area contributed by atoms with Crippen molar-refractivity contribution in [1.82, 2.24) is 0 Å². The van der Waals surface area contributed by atoms with Crippen LogP contribution in [0.15, 0.2) is 42.5 Å². The summed E-state index contributed by atoms with van der Waals surface area (Å²) in [6.45, 7) is 0. The molecule has 1 radical (unpaired) electrons. The number of rotatable bonds is 0. The Morgan fingerprint density at radius 3 is 2.36 bits per heavy atom. The van der Waals surface area contributed by atoms with Crippen molar-refractivity contribution in [2.75, 3.05) is 0 Å². The summed E-state index contributed by atoms with van der Waals surface area (Å²) in [6, 6.07) is 0. The minimum atomic E-state index is 1.19. The summed E-state index contributed by atoms with van der Waals surface area (Å²) in [4.78, 5) is 0. The van der Waals surface area contributed by atoms with E-state index < -0.39 is 0 Å². The molecule has 0 spiro atoms. The molecule has 1 aliphatic carbocycles. The van der Waals surface area contributed by atoms with Crippen LogP contribution in [0, 0.1) is 6.08 Å². The van der Waals surface area contributed by atoms with Gasteiger partial charge in [0.1, 0.15) is 0 Å². The van der Waals surface area contributed by atoms with Crippen molar-refractivity contribution in [3.05, 3.63) is 48.6 Å². The van der Waals surface area contributed by atoms with Gasteiger partial charge in [-0.1, -0.05) is 55.4 Å². The largest absolute Gasteiger partial charge is 0.0845 e. The van der Waals surface area contributed by atoms with Gasteiger partial charge in [0.2, 0.25) is 0 Å². The van der Waals surface area contributed by atoms with E-state index in [1.807, 2.05) is 18.2 Å². The van der Waals surface area contributed by atoms with Crippen LogP contribution in [0.4, 0.5) is 0 Å². The Morgan fingerprint density at radius 2 is 1.50 bits per heavy atom. The van der Waals surface area contributed by atoms with Gasteiger partial charge in [-0.15, -0.1) is 0 Å². The number of allylic oxidation sites excluding steroid dienone is 8. The van der Waals surface area contributed by atoms with Crippen LogP contribution in [0.25, 0.3) is 0 Å². The molecule has 0 heteroatoms. The zero-order valence-corrected chi connectivity index (χ0v) is 8.78. The van der Waals surface area contributed by atoms with Gasteiger partial charge < -0.3 is 0 Å². The standard InChI is InChI=1S/C14H19/c1-2-4-6-8-10-12-14-13-11-9-7-5-3-1/h1-5,9,11H,6,8,10,12-14H2. The molecule has 0 heterocycles. The summed E-state index contributed by atoms with van der Waals surface area (Å²) in [6.07, 6.45) is 25.5. The lowest BCUT2D eigenvalue weighted by atomic mass is 10.1. The second-order valence-electron chi connectivity index (χ2n) is 3.54. The summed E-state index contributed by atoms with van der Waals surface area (Å²) in [5, 5.41) is 0. The predicted octanol–water partition coefficient (Wildman–Crippen LogP) is 4.37. The smallest absolute Gasteiger partial charge is 0.0187 e. The lowest BCUT2D eigenvalue weighted by molar-refractivity contribution is 0.652. The number of hydrogen-bond donors (Lipinski definition) is 0. The van der Waals surface area contributed by atoms with Gasteiger partial charge in [-0.05, 0) is 31.8 Å². The van der Waals surface area contributed by atoms with E-state index in [1.165, 1.54) is 38.5 Å². The maximum absolute atomic E-state index is 3.11. The maximum atomic E-state index is 3.11. The third kappa shape index (κ3) is 6.47. The highest BCUT2D eigenvalue weighted by Crippen LogP contribution is 2.06. The average molecular weight is 187 g/mol. The van der Waals surface area contributed by atoms with Crippen LogP contribution in [0.5, 0.6) is 0 Å². The third-order valence-electron chi connectivity index (χ3n) is 2.26. The quantitative estimate of drug-likeness (QED) is 0.528. The van der Waals surface area contributed by atoms with E-state index in [0.29, 0.717) is 0 Å². The lowest BCUT2D eigenvalue weighted by Crippen LogP contribution is -1.76. The third-order valence-corrected chi connectivity index (χ3v) is 2.26. The SMILES string of the molecule is [C]1=CC=CC=CCCCCCCC=C1. The fraction of sp³-hybridized carbons (Fsp3) is 0.429. The molecule has 0 nitrogen and oxygen atoms in total. The van der Waals surface area contributed by atoms with Crippen molar-refractivity contribution in [2.45, 2.75) is 38.5 Å². The molecule has 0 atom stereocenters. The fourth-order valence-corrected chi connectivity index (χ4v) is 1.43. The molecule has 0 aromatic rings. The molecule has 0 N–H and O–H groups in total. The molecule has 0 unspecified atom stereocenters. The Balaban J connectivity index is 2.36. The van der Waals surface area contributed by atoms with Crippen LogP contribution < -0.4 is 0 Å². The molecule has 1 aliphatic rings. The first-order valence-corrected chi connectivity index (χ1v) is 5.56. The van der Waals surface area contributed by atoms with Gasteiger partial charge in [0, 0.05) is 0 Å². The first kappa shape index (κ1) is 11.0. The Hall–Kier alpha value is -1.04. The summed E-state index contributed by atoms with van der Waals surface area (Å²) in [7, 11) is 0. The molecule has 0 amide bonds. The highest BCUT2D eigenvalue weighted by atomic mass is 13.9. The minimum absolute atomic E-state index is 1.19. The Bertz CT molecular complexity index is 202. The van der Waals surface area contributed by atoms with Crippen molar-refractivity contribution in [3.63, 3.8) is 0 Å². The monoisotopic (exact) mass is 187 g/mol. The molecule has 1 rings (SSSR count). The van der Waals surface area contributed by atoms with Gasteiger partial charge in [-0.25, -0.2) is 0 Å². The van der Waals surface area contributed by atoms with Gasteiger partial charge in [-0.3, -0.25) is 0 Å². The van der Waals surface area contributed by atoms with E-state index in [2.05, 4.69) is 30.4 Å². The van der Waals surface area contributed by atoms with Crippen LogP contribution in [-0.4, -0.2) is 0 Å². The van der Waals surface area contributed by atoms with Gasteiger partial charge in [-0.2, -0.15) is 0 Å². The highest BCUT2D eigenvalue weighted by molar-refractivity contribution is 5.12. The molecule has 14 heavy (non-hydrogen) atoms. The van der Waals surface area contributed by atoms with Crippen molar-refractivity contribution < 1.29 is 0 Å². The van der Waals surface area contributed by atoms with Crippen molar-refractivity contribution >= 4 is 0 Å². The lowest BCUT2D eigenvalue weighted by Gasteiger charge is -1.96. The minimum Gasteiger partial charge on any atom is -0.0845 e. The van der Waals surface area contributed by atoms with Gasteiger partial charge in [0.15, 0.2) is 0 Å². The molecule has 0 bridgehead atoms. The van der Waals surface area contributed by atoms with Crippen LogP contribution in [-0.2, 0) is 0 Å². The number of hydrogen-bond acceptors (Lipinski definition) is 0. The second-order valence-corrected chi connectivity index (χ2v) is 3.54. The predicted molar refractivity (Wildman–Crippen MR) is 62.9 cm³/mol. The van der Waals surface area contributed by atoms with Crippen molar-refractivity contribution in [1.29, 1.82) is 0 Å². The van der Waals surface area contributed by atoms with Crippen LogP contribution in [0.2, 0.25) is 0 Å². The highest BCUT2D eigenvalue weighted by Gasteiger charge is 1.87. The summed E-state index contributed by atoms with van der Waals surface area (Å²) in [5.41, 5.74) is 0. The summed E-state index contributed by atoms with van der Waals surface area (Å²) in [5.74, 6) is 0. The Morgan fingerprint density at radius 1 is 0.714 bits per heavy atom. The fourth-order valence-electron chi connectivity index (χ4n) is 1.43. The topological polar surface area (TPSA) is 0 Å². The van der Waals surface area contributed by atoms with Crippen LogP contribution in [0.1, 0.15) is 38.5 Å². The van der Waals surface area contributed by atoms with E-state index in [-0.39, 0.29) is 0 Å². The molecular weight excluding hydrogens is 168 g/mol. The Labute approximate surface area is 87.7 Å². The van der Waals surface area contributed by atoms with E-state index in [4.69, 9.17) is 0 Å². The molecule has 0 aromatic heterocycles. The van der Waals surface area contributed by atoms with Gasteiger partial charge >= 0.3 is 0 Å². The molecule has 0 saturated heterocycles. The van der Waals surface area contributed by atoms with Crippen molar-refractivity contribution in [3.8, 4) is 0 Å². The zero-order chi connectivity index (χ0) is 9.90. The first-order valence-electron chi connectivity index (χ1n) is 5.56. The van der Waals surface area contributed by atoms with E-state index in [0.717, 1.165) is 0 Å². The summed E-state index contributed by atoms with van der Waals surface area (Å²) < 4.78 is 0. The normalized spacial score (nSPS) is 19.4. The zero-order valence-electron chi connectivity index (χ0n) is 8.78. The molecule has 75 valence electrons. The molecule has 0 aliphatic heterocycles. The summed E-state index contributed by atoms with van der Waals surface area (Å²) >= 11 is 0. The van der Waals surface area contributed by atoms with E-state index in [1.54, 1.807) is 0 Å². The van der Waals surface area contributed by atoms with Crippen molar-refractivity contribution in [2.24, 2.45) is 0 Å². The van der Waals surface area contributed by atoms with E-state index >= 15 is 0 Å². The van der Waals surface area contributed by atoms with Crippen LogP contribution >= 0.6 is 0 Å². The maximum Gasteiger partial charge on any atom is -0.0187 e. The first-order chi connectivity index (χ1) is 7.00. The van der Waals surface area contributed by atoms with Crippen LogP contribution in [0.3, 0.4) is 0 Å². The molecule has 0 saturated carbocycles. The molecule has 0 aromatic carbocycles. The molecular formula is C14H19. The second kappa shape index (κ2) is 8.55. The molecule has 0 fully saturated rings. The van der Waals surface area contributed by atoms with Gasteiger partial charge in [0.25, 0.3) is 0 Å². The average Bonchev–Trinajstić information content (AvgIpc) is 2.22. The van der Waals surface area contributed by atoms with Gasteiger partial charge in [0.05, 0.1) is 0 Å².